The second kappa shape index (κ2) is 13.5. The van der Waals surface area contributed by atoms with Gasteiger partial charge in [-0.25, -0.2) is 0 Å². The van der Waals surface area contributed by atoms with Gasteiger partial charge in [0.25, 0.3) is 0 Å². The molecule has 0 amide bonds. The summed E-state index contributed by atoms with van der Waals surface area (Å²) in [5, 5.41) is 4.53. The number of nitrogens with zero attached hydrogens (tertiary/aromatic N) is 1. The van der Waals surface area contributed by atoms with Crippen LogP contribution in [-0.4, -0.2) is 32.6 Å². The fraction of sp³-hybridized carbons (Fsp3) is 0.286. The fourth-order valence-electron chi connectivity index (χ4n) is 2.15. The molecule has 0 spiro atoms. The van der Waals surface area contributed by atoms with Gasteiger partial charge in [-0.2, -0.15) is 0 Å². The van der Waals surface area contributed by atoms with Crippen molar-refractivity contribution in [3.63, 3.8) is 0 Å². The van der Waals surface area contributed by atoms with E-state index < -0.39 is 0 Å². The highest BCUT2D eigenvalue weighted by Crippen LogP contribution is 2.37. The molecular weight excluding hydrogens is 472 g/mol. The van der Waals surface area contributed by atoms with Crippen LogP contribution in [0.1, 0.15) is 18.9 Å². The third-order valence-electron chi connectivity index (χ3n) is 3.51. The van der Waals surface area contributed by atoms with Crippen molar-refractivity contribution in [2.75, 3.05) is 26.4 Å². The molecule has 0 N–H and O–H groups in total. The summed E-state index contributed by atoms with van der Waals surface area (Å²) in [6.07, 6.45) is 4.08. The molecule has 0 aliphatic carbocycles. The van der Waals surface area contributed by atoms with E-state index in [0.717, 1.165) is 12.0 Å². The van der Waals surface area contributed by atoms with Crippen LogP contribution in [0, 0.1) is 0 Å². The van der Waals surface area contributed by atoms with Gasteiger partial charge in [-0.3, -0.25) is 0 Å². The lowest BCUT2D eigenvalue weighted by Gasteiger charge is -2.13. The van der Waals surface area contributed by atoms with Crippen LogP contribution in [0.15, 0.2) is 52.1 Å². The van der Waals surface area contributed by atoms with Crippen LogP contribution in [-0.2, 0) is 4.84 Å². The Morgan fingerprint density at radius 3 is 2.20 bits per heavy atom. The maximum Gasteiger partial charge on any atom is 0.156 e. The lowest BCUT2D eigenvalue weighted by atomic mass is 10.2. The smallest absolute Gasteiger partial charge is 0.156 e. The Labute approximate surface area is 196 Å². The van der Waals surface area contributed by atoms with E-state index in [4.69, 9.17) is 65.5 Å². The highest BCUT2D eigenvalue weighted by molar-refractivity contribution is 6.55. The van der Waals surface area contributed by atoms with Crippen LogP contribution in [0.4, 0.5) is 0 Å². The minimum absolute atomic E-state index is 0.121. The minimum Gasteiger partial charge on any atom is -0.490 e. The van der Waals surface area contributed by atoms with Gasteiger partial charge in [0, 0.05) is 12.1 Å². The van der Waals surface area contributed by atoms with Gasteiger partial charge in [-0.15, -0.1) is 0 Å². The summed E-state index contributed by atoms with van der Waals surface area (Å²) in [6, 6.07) is 10.7. The van der Waals surface area contributed by atoms with Crippen molar-refractivity contribution >= 4 is 52.6 Å². The minimum atomic E-state index is 0.121. The first kappa shape index (κ1) is 24.5. The number of benzene rings is 2. The Hall–Kier alpha value is -1.79. The second-order valence-electron chi connectivity index (χ2n) is 5.85. The van der Waals surface area contributed by atoms with Crippen LogP contribution in [0.3, 0.4) is 0 Å². The van der Waals surface area contributed by atoms with Crippen molar-refractivity contribution in [2.45, 2.75) is 13.3 Å². The van der Waals surface area contributed by atoms with Crippen LogP contribution in [0.5, 0.6) is 17.2 Å². The maximum absolute atomic E-state index is 6.23. The van der Waals surface area contributed by atoms with Crippen LogP contribution < -0.4 is 14.2 Å². The van der Waals surface area contributed by atoms with Gasteiger partial charge in [0.05, 0.1) is 16.3 Å². The van der Waals surface area contributed by atoms with E-state index in [1.165, 1.54) is 6.08 Å². The van der Waals surface area contributed by atoms with Crippen molar-refractivity contribution in [2.24, 2.45) is 5.16 Å². The number of halogens is 4. The average Bonchev–Trinajstić information content (AvgIpc) is 2.71. The molecule has 30 heavy (non-hydrogen) atoms. The molecule has 0 saturated heterocycles. The largest absolute Gasteiger partial charge is 0.490 e. The molecule has 0 aliphatic heterocycles. The standard InChI is InChI=1S/C21H21Cl4NO4/c1-2-8-30-26-14-15-3-5-16(6-4-15)28-10-11-29-21-18(22)12-17(13-19(21)23)27-9-7-20(24)25/h3-7,12-14H,2,8-11H2,1H3. The van der Waals surface area contributed by atoms with E-state index >= 15 is 0 Å². The molecule has 0 fully saturated rings. The van der Waals surface area contributed by atoms with Crippen molar-refractivity contribution in [1.82, 2.24) is 0 Å². The number of oxime groups is 1. The first-order chi connectivity index (χ1) is 14.5. The van der Waals surface area contributed by atoms with Gasteiger partial charge in [-0.05, 0) is 42.3 Å². The van der Waals surface area contributed by atoms with E-state index in [0.29, 0.717) is 40.5 Å². The topological polar surface area (TPSA) is 49.3 Å². The maximum atomic E-state index is 6.23. The number of hydrogen-bond donors (Lipinski definition) is 0. The van der Waals surface area contributed by atoms with Crippen molar-refractivity contribution in [1.29, 1.82) is 0 Å². The predicted octanol–water partition coefficient (Wildman–Crippen LogP) is 6.91. The molecule has 0 radical (unpaired) electrons. The predicted molar refractivity (Wildman–Crippen MR) is 123 cm³/mol. The Kier molecular flexibility index (Phi) is 11.0. The summed E-state index contributed by atoms with van der Waals surface area (Å²) >= 11 is 23.5. The third kappa shape index (κ3) is 8.92. The highest BCUT2D eigenvalue weighted by Gasteiger charge is 2.11. The molecule has 0 heterocycles. The lowest BCUT2D eigenvalue weighted by Crippen LogP contribution is -2.09. The summed E-state index contributed by atoms with van der Waals surface area (Å²) in [7, 11) is 0. The molecule has 162 valence electrons. The zero-order chi connectivity index (χ0) is 21.8. The molecule has 2 aromatic rings. The molecule has 0 atom stereocenters. The summed E-state index contributed by atoms with van der Waals surface area (Å²) in [5.74, 6) is 1.54. The second-order valence-corrected chi connectivity index (χ2v) is 7.68. The Morgan fingerprint density at radius 2 is 1.57 bits per heavy atom. The molecule has 2 rings (SSSR count). The van der Waals surface area contributed by atoms with E-state index in [-0.39, 0.29) is 17.7 Å². The summed E-state index contributed by atoms with van der Waals surface area (Å²) in [6.45, 7) is 3.40. The van der Waals surface area contributed by atoms with Crippen LogP contribution in [0.2, 0.25) is 10.0 Å². The Morgan fingerprint density at radius 1 is 0.900 bits per heavy atom. The van der Waals surface area contributed by atoms with Gasteiger partial charge in [0.2, 0.25) is 0 Å². The Bertz CT molecular complexity index is 830. The van der Waals surface area contributed by atoms with Crippen molar-refractivity contribution in [3.8, 4) is 17.2 Å². The molecule has 0 unspecified atom stereocenters. The fourth-order valence-corrected chi connectivity index (χ4v) is 2.86. The average molecular weight is 493 g/mol. The van der Waals surface area contributed by atoms with E-state index in [1.54, 1.807) is 18.3 Å². The first-order valence-corrected chi connectivity index (χ1v) is 10.6. The van der Waals surface area contributed by atoms with Crippen LogP contribution >= 0.6 is 46.4 Å². The Balaban J connectivity index is 1.79. The molecule has 0 aliphatic rings. The number of hydrogen-bond acceptors (Lipinski definition) is 5. The van der Waals surface area contributed by atoms with E-state index in [2.05, 4.69) is 5.16 Å². The quantitative estimate of drug-likeness (QED) is 0.183. The third-order valence-corrected chi connectivity index (χ3v) is 4.38. The zero-order valence-corrected chi connectivity index (χ0v) is 19.3. The highest BCUT2D eigenvalue weighted by atomic mass is 35.5. The first-order valence-electron chi connectivity index (χ1n) is 9.13. The number of rotatable bonds is 12. The molecule has 0 saturated carbocycles. The van der Waals surface area contributed by atoms with Crippen molar-refractivity contribution in [3.05, 3.63) is 62.6 Å². The van der Waals surface area contributed by atoms with Gasteiger partial charge >= 0.3 is 0 Å². The zero-order valence-electron chi connectivity index (χ0n) is 16.2. The van der Waals surface area contributed by atoms with E-state index in [9.17, 15) is 0 Å². The molecule has 0 aromatic heterocycles. The number of ether oxygens (including phenoxy) is 3. The molecule has 2 aromatic carbocycles. The molecular formula is C21H21Cl4NO4. The summed E-state index contributed by atoms with van der Waals surface area (Å²) in [5.41, 5.74) is 0.916. The van der Waals surface area contributed by atoms with Crippen molar-refractivity contribution < 1.29 is 19.0 Å². The normalized spacial score (nSPS) is 10.7. The SMILES string of the molecule is CCCON=Cc1ccc(OCCOc2c(Cl)cc(OCC=C(Cl)Cl)cc2Cl)cc1. The summed E-state index contributed by atoms with van der Waals surface area (Å²) < 4.78 is 16.9. The summed E-state index contributed by atoms with van der Waals surface area (Å²) in [4.78, 5) is 5.07. The lowest BCUT2D eigenvalue weighted by molar-refractivity contribution is 0.146. The van der Waals surface area contributed by atoms with Gasteiger partial charge in [-0.1, -0.05) is 58.5 Å². The van der Waals surface area contributed by atoms with Gasteiger partial charge in [0.15, 0.2) is 5.75 Å². The van der Waals surface area contributed by atoms with Gasteiger partial charge in [0.1, 0.15) is 42.4 Å². The van der Waals surface area contributed by atoms with Crippen LogP contribution in [0.25, 0.3) is 0 Å². The monoisotopic (exact) mass is 491 g/mol. The van der Waals surface area contributed by atoms with E-state index in [1.807, 2.05) is 31.2 Å². The molecule has 0 bridgehead atoms. The molecule has 5 nitrogen and oxygen atoms in total. The molecule has 9 heteroatoms. The van der Waals surface area contributed by atoms with Gasteiger partial charge < -0.3 is 19.0 Å².